The average molecular weight is 337 g/mol. The highest BCUT2D eigenvalue weighted by Crippen LogP contribution is 2.37. The predicted octanol–water partition coefficient (Wildman–Crippen LogP) is 2.49. The molecule has 1 saturated carbocycles. The molecule has 1 aliphatic carbocycles. The van der Waals surface area contributed by atoms with Crippen LogP contribution < -0.4 is 5.32 Å². The van der Waals surface area contributed by atoms with Crippen LogP contribution in [0.15, 0.2) is 0 Å². The zero-order valence-electron chi connectivity index (χ0n) is 13.2. The molecule has 23 heavy (non-hydrogen) atoms. The maximum atomic E-state index is 12.5. The number of hydrogen-bond acceptors (Lipinski definition) is 7. The second-order valence-electron chi connectivity index (χ2n) is 5.43. The van der Waals surface area contributed by atoms with Crippen LogP contribution in [0, 0.1) is 16.7 Å². The molecule has 1 heterocycles. The number of nitrogens with one attached hydrogen (secondary N) is 1. The zero-order valence-corrected chi connectivity index (χ0v) is 14.0. The number of nitrogens with zero attached hydrogens (tertiary/aromatic N) is 2. The van der Waals surface area contributed by atoms with Crippen LogP contribution in [0.3, 0.4) is 0 Å². The molecule has 0 spiro atoms. The first-order valence-corrected chi connectivity index (χ1v) is 8.17. The van der Waals surface area contributed by atoms with E-state index < -0.39 is 11.4 Å². The van der Waals surface area contributed by atoms with E-state index in [1.54, 1.807) is 0 Å². The van der Waals surface area contributed by atoms with Crippen molar-refractivity contribution in [3.8, 4) is 6.07 Å². The maximum Gasteiger partial charge on any atom is 0.350 e. The Kier molecular flexibility index (Phi) is 5.69. The van der Waals surface area contributed by atoms with Gasteiger partial charge in [-0.05, 0) is 12.8 Å². The van der Waals surface area contributed by atoms with Gasteiger partial charge in [-0.15, -0.1) is 0 Å². The minimum absolute atomic E-state index is 0.139. The number of hydrogen-bond donors (Lipinski definition) is 1. The van der Waals surface area contributed by atoms with E-state index in [-0.39, 0.29) is 17.6 Å². The number of ether oxygens (including phenoxy) is 2. The number of aromatic nitrogens is 1. The lowest BCUT2D eigenvalue weighted by atomic mass is 9.74. The fraction of sp³-hybridized carbons (Fsp3) is 0.600. The van der Waals surface area contributed by atoms with Crippen LogP contribution in [0.2, 0.25) is 0 Å². The average Bonchev–Trinajstić information content (AvgIpc) is 2.97. The Morgan fingerprint density at radius 3 is 2.61 bits per heavy atom. The van der Waals surface area contributed by atoms with Crippen molar-refractivity contribution in [1.82, 2.24) is 4.98 Å². The molecule has 1 aliphatic rings. The Morgan fingerprint density at radius 1 is 1.35 bits per heavy atom. The number of rotatable bonds is 5. The monoisotopic (exact) mass is 337 g/mol. The Hall–Kier alpha value is -1.98. The predicted molar refractivity (Wildman–Crippen MR) is 83.9 cm³/mol. The SMILES string of the molecule is COCc1nc(NC(=O)C2(C#N)CCCCC2)sc1C(=O)OC. The van der Waals surface area contributed by atoms with Gasteiger partial charge in [0.15, 0.2) is 5.13 Å². The molecule has 8 heteroatoms. The molecular formula is C15H19N3O4S. The summed E-state index contributed by atoms with van der Waals surface area (Å²) in [6.07, 6.45) is 3.87. The summed E-state index contributed by atoms with van der Waals surface area (Å²) in [5, 5.41) is 12.4. The molecule has 124 valence electrons. The normalized spacial score (nSPS) is 16.4. The van der Waals surface area contributed by atoms with Crippen molar-refractivity contribution in [3.05, 3.63) is 10.6 Å². The van der Waals surface area contributed by atoms with Gasteiger partial charge in [0.1, 0.15) is 10.3 Å². The van der Waals surface area contributed by atoms with E-state index in [0.717, 1.165) is 30.6 Å². The molecular weight excluding hydrogens is 318 g/mol. The number of carbonyl (C=O) groups is 2. The van der Waals surface area contributed by atoms with E-state index in [1.807, 2.05) is 0 Å². The van der Waals surface area contributed by atoms with Crippen LogP contribution in [-0.2, 0) is 20.9 Å². The van der Waals surface area contributed by atoms with Gasteiger partial charge in [0, 0.05) is 7.11 Å². The van der Waals surface area contributed by atoms with Crippen molar-refractivity contribution in [3.63, 3.8) is 0 Å². The highest BCUT2D eigenvalue weighted by molar-refractivity contribution is 7.17. The molecule has 0 atom stereocenters. The number of amides is 1. The minimum atomic E-state index is -1.00. The molecule has 1 aromatic heterocycles. The fourth-order valence-electron chi connectivity index (χ4n) is 2.65. The zero-order chi connectivity index (χ0) is 16.9. The third kappa shape index (κ3) is 3.68. The van der Waals surface area contributed by atoms with Crippen molar-refractivity contribution in [2.45, 2.75) is 38.7 Å². The van der Waals surface area contributed by atoms with Gasteiger partial charge in [-0.2, -0.15) is 5.26 Å². The van der Waals surface area contributed by atoms with Crippen molar-refractivity contribution in [2.24, 2.45) is 5.41 Å². The van der Waals surface area contributed by atoms with E-state index in [9.17, 15) is 14.9 Å². The Labute approximate surface area is 138 Å². The van der Waals surface area contributed by atoms with Gasteiger partial charge in [0.2, 0.25) is 5.91 Å². The number of anilines is 1. The van der Waals surface area contributed by atoms with Crippen molar-refractivity contribution >= 4 is 28.3 Å². The van der Waals surface area contributed by atoms with Crippen molar-refractivity contribution < 1.29 is 19.1 Å². The number of thiazole rings is 1. The van der Waals surface area contributed by atoms with Crippen LogP contribution in [0.5, 0.6) is 0 Å². The lowest BCUT2D eigenvalue weighted by molar-refractivity contribution is -0.124. The molecule has 1 aromatic rings. The molecule has 1 amide bonds. The first-order valence-electron chi connectivity index (χ1n) is 7.36. The second-order valence-corrected chi connectivity index (χ2v) is 6.43. The standard InChI is InChI=1S/C15H19N3O4S/c1-21-8-10-11(12(19)22-2)23-14(17-10)18-13(20)15(9-16)6-4-3-5-7-15/h3-8H2,1-2H3,(H,17,18,20). The van der Waals surface area contributed by atoms with E-state index in [2.05, 4.69) is 16.4 Å². The van der Waals surface area contributed by atoms with Crippen LogP contribution in [0.25, 0.3) is 0 Å². The summed E-state index contributed by atoms with van der Waals surface area (Å²) < 4.78 is 9.72. The molecule has 0 aliphatic heterocycles. The van der Waals surface area contributed by atoms with Gasteiger partial charge in [0.05, 0.1) is 25.5 Å². The lowest BCUT2D eigenvalue weighted by Crippen LogP contribution is -2.36. The van der Waals surface area contributed by atoms with Crippen LogP contribution in [-0.4, -0.2) is 31.1 Å². The van der Waals surface area contributed by atoms with Crippen molar-refractivity contribution in [1.29, 1.82) is 5.26 Å². The van der Waals surface area contributed by atoms with Crippen LogP contribution in [0.1, 0.15) is 47.5 Å². The molecule has 0 radical (unpaired) electrons. The summed E-state index contributed by atoms with van der Waals surface area (Å²) in [5.74, 6) is -0.878. The minimum Gasteiger partial charge on any atom is -0.465 e. The lowest BCUT2D eigenvalue weighted by Gasteiger charge is -2.28. The molecule has 1 fully saturated rings. The third-order valence-electron chi connectivity index (χ3n) is 3.93. The van der Waals surface area contributed by atoms with E-state index >= 15 is 0 Å². The largest absolute Gasteiger partial charge is 0.465 e. The summed E-state index contributed by atoms with van der Waals surface area (Å²) >= 11 is 1.03. The molecule has 7 nitrogen and oxygen atoms in total. The number of carbonyl (C=O) groups excluding carboxylic acids is 2. The number of nitriles is 1. The van der Waals surface area contributed by atoms with Gasteiger partial charge < -0.3 is 14.8 Å². The molecule has 0 saturated heterocycles. The van der Waals surface area contributed by atoms with Gasteiger partial charge >= 0.3 is 5.97 Å². The van der Waals surface area contributed by atoms with Gasteiger partial charge in [-0.1, -0.05) is 30.6 Å². The molecule has 0 unspecified atom stereocenters. The van der Waals surface area contributed by atoms with E-state index in [4.69, 9.17) is 9.47 Å². The molecule has 0 aromatic carbocycles. The highest BCUT2D eigenvalue weighted by atomic mass is 32.1. The number of esters is 1. The third-order valence-corrected chi connectivity index (χ3v) is 4.92. The summed E-state index contributed by atoms with van der Waals surface area (Å²) in [6.45, 7) is 0.139. The summed E-state index contributed by atoms with van der Waals surface area (Å²) in [7, 11) is 2.77. The summed E-state index contributed by atoms with van der Waals surface area (Å²) in [6, 6.07) is 2.17. The topological polar surface area (TPSA) is 101 Å². The van der Waals surface area contributed by atoms with Crippen molar-refractivity contribution in [2.75, 3.05) is 19.5 Å². The smallest absolute Gasteiger partial charge is 0.350 e. The molecule has 2 rings (SSSR count). The molecule has 1 N–H and O–H groups in total. The van der Waals surface area contributed by atoms with Gasteiger partial charge in [0.25, 0.3) is 0 Å². The first-order chi connectivity index (χ1) is 11.1. The van der Waals surface area contributed by atoms with Gasteiger partial charge in [-0.25, -0.2) is 9.78 Å². The Balaban J connectivity index is 2.20. The van der Waals surface area contributed by atoms with Crippen LogP contribution >= 0.6 is 11.3 Å². The first kappa shape index (κ1) is 17.4. The van der Waals surface area contributed by atoms with E-state index in [0.29, 0.717) is 23.4 Å². The van der Waals surface area contributed by atoms with Gasteiger partial charge in [-0.3, -0.25) is 4.79 Å². The van der Waals surface area contributed by atoms with Crippen LogP contribution in [0.4, 0.5) is 5.13 Å². The quantitative estimate of drug-likeness (QED) is 0.828. The Bertz CT molecular complexity index is 629. The van der Waals surface area contributed by atoms with E-state index in [1.165, 1.54) is 14.2 Å². The second kappa shape index (κ2) is 7.53. The number of methoxy groups -OCH3 is 2. The maximum absolute atomic E-state index is 12.5. The highest BCUT2D eigenvalue weighted by Gasteiger charge is 2.40. The molecule has 0 bridgehead atoms. The Morgan fingerprint density at radius 2 is 2.04 bits per heavy atom. The summed E-state index contributed by atoms with van der Waals surface area (Å²) in [4.78, 5) is 28.8. The summed E-state index contributed by atoms with van der Waals surface area (Å²) in [5.41, 5.74) is -0.592. The fourth-order valence-corrected chi connectivity index (χ4v) is 3.54.